The van der Waals surface area contributed by atoms with Gasteiger partial charge in [0.15, 0.2) is 0 Å². The lowest BCUT2D eigenvalue weighted by atomic mass is 9.70. The van der Waals surface area contributed by atoms with E-state index in [1.54, 1.807) is 29.2 Å². The Morgan fingerprint density at radius 1 is 0.667 bits per heavy atom. The zero-order valence-corrected chi connectivity index (χ0v) is 25.1. The highest BCUT2D eigenvalue weighted by atomic mass is 19.1. The van der Waals surface area contributed by atoms with Crippen molar-refractivity contribution < 1.29 is 8.78 Å². The summed E-state index contributed by atoms with van der Waals surface area (Å²) in [6.45, 7) is 18.5. The fourth-order valence-corrected chi connectivity index (χ4v) is 7.47. The molecule has 5 aromatic rings. The maximum absolute atomic E-state index is 15.7. The summed E-state index contributed by atoms with van der Waals surface area (Å²) < 4.78 is 30.0. The molecule has 0 saturated heterocycles. The molecule has 0 bridgehead atoms. The maximum Gasteiger partial charge on any atom is 0.150 e. The van der Waals surface area contributed by atoms with Gasteiger partial charge in [-0.05, 0) is 87.3 Å². The van der Waals surface area contributed by atoms with Crippen LogP contribution in [0.5, 0.6) is 0 Å². The number of anilines is 2. The highest BCUT2D eigenvalue weighted by molar-refractivity contribution is 6.01. The van der Waals surface area contributed by atoms with E-state index in [0.717, 1.165) is 39.4 Å². The van der Waals surface area contributed by atoms with E-state index >= 15 is 4.39 Å². The molecule has 7 rings (SSSR count). The minimum absolute atomic E-state index is 0.176. The largest absolute Gasteiger partial charge is 0.307 e. The summed E-state index contributed by atoms with van der Waals surface area (Å²) in [5, 5.41) is 0. The smallest absolute Gasteiger partial charge is 0.150 e. The van der Waals surface area contributed by atoms with Crippen molar-refractivity contribution >= 4 is 23.5 Å². The van der Waals surface area contributed by atoms with Gasteiger partial charge in [-0.25, -0.2) is 8.78 Å². The molecule has 218 valence electrons. The van der Waals surface area contributed by atoms with E-state index < -0.39 is 17.0 Å². The van der Waals surface area contributed by atoms with Crippen molar-refractivity contribution in [1.82, 2.24) is 0 Å². The first-order chi connectivity index (χ1) is 21.9. The number of allylic oxidation sites excluding steroid dienone is 3. The summed E-state index contributed by atoms with van der Waals surface area (Å²) in [5.74, 6) is -1.36. The Bertz CT molecular complexity index is 2080. The van der Waals surface area contributed by atoms with E-state index in [1.165, 1.54) is 39.9 Å². The van der Waals surface area contributed by atoms with Crippen molar-refractivity contribution in [2.24, 2.45) is 0 Å². The molecule has 45 heavy (non-hydrogen) atoms. The Hall–Kier alpha value is -5.54. The van der Waals surface area contributed by atoms with E-state index in [0.29, 0.717) is 11.4 Å². The van der Waals surface area contributed by atoms with Gasteiger partial charge < -0.3 is 4.90 Å². The molecule has 0 radical (unpaired) electrons. The summed E-state index contributed by atoms with van der Waals surface area (Å²) in [4.78, 5) is 1.77. The number of fused-ring (bicyclic) bond motifs is 10. The van der Waals surface area contributed by atoms with Crippen LogP contribution in [0.2, 0.25) is 0 Å². The average molecular weight is 588 g/mol. The predicted octanol–water partition coefficient (Wildman–Crippen LogP) is 11.3. The van der Waals surface area contributed by atoms with Crippen LogP contribution in [0.25, 0.3) is 34.4 Å². The molecule has 0 fully saturated rings. The molecule has 0 aromatic heterocycles. The lowest BCUT2D eigenvalue weighted by molar-refractivity contribution is 0.584. The molecule has 1 spiro atoms. The average Bonchev–Trinajstić information content (AvgIpc) is 3.51. The van der Waals surface area contributed by atoms with Gasteiger partial charge in [0.25, 0.3) is 0 Å². The number of aryl methyl sites for hydroxylation is 1. The third-order valence-electron chi connectivity index (χ3n) is 9.15. The molecule has 2 aliphatic rings. The van der Waals surface area contributed by atoms with E-state index in [1.807, 2.05) is 6.08 Å². The van der Waals surface area contributed by atoms with Crippen molar-refractivity contribution in [3.63, 3.8) is 0 Å². The highest BCUT2D eigenvalue weighted by Crippen LogP contribution is 2.64. The second-order valence-corrected chi connectivity index (χ2v) is 11.4. The van der Waals surface area contributed by atoms with Crippen LogP contribution >= 0.6 is 0 Å². The van der Waals surface area contributed by atoms with Gasteiger partial charge in [0.1, 0.15) is 11.6 Å². The molecule has 0 unspecified atom stereocenters. The fraction of sp³-hybridized carbons (Fsp3) is 0.0476. The van der Waals surface area contributed by atoms with Gasteiger partial charge in [0.05, 0.1) is 16.8 Å². The molecule has 0 amide bonds. The zero-order chi connectivity index (χ0) is 31.5. The molecular formula is C42H31F2N. The monoisotopic (exact) mass is 587 g/mol. The second kappa shape index (κ2) is 10.6. The van der Waals surface area contributed by atoms with Crippen LogP contribution in [-0.4, -0.2) is 0 Å². The van der Waals surface area contributed by atoms with Gasteiger partial charge in [-0.3, -0.25) is 0 Å². The van der Waals surface area contributed by atoms with E-state index in [9.17, 15) is 4.39 Å². The Kier molecular flexibility index (Phi) is 6.63. The van der Waals surface area contributed by atoms with Gasteiger partial charge in [0, 0.05) is 17.3 Å². The number of halogens is 2. The maximum atomic E-state index is 15.7. The van der Waals surface area contributed by atoms with E-state index in [-0.39, 0.29) is 5.69 Å². The topological polar surface area (TPSA) is 3.24 Å². The van der Waals surface area contributed by atoms with Crippen molar-refractivity contribution in [2.45, 2.75) is 12.3 Å². The minimum Gasteiger partial charge on any atom is -0.307 e. The SMILES string of the molecule is C=C/C=C(\C=C)N(c1ccc(F)cc1F)c1cc2c(c(C=C)c1C=C)-c1ccc(C)cc1C21c2ccccc2-c2ccccc21. The van der Waals surface area contributed by atoms with Gasteiger partial charge >= 0.3 is 0 Å². The summed E-state index contributed by atoms with van der Waals surface area (Å²) in [6.07, 6.45) is 8.68. The quantitative estimate of drug-likeness (QED) is 0.168. The number of rotatable bonds is 7. The normalized spacial score (nSPS) is 13.4. The van der Waals surface area contributed by atoms with Gasteiger partial charge in [0.2, 0.25) is 0 Å². The minimum atomic E-state index is -0.701. The first-order valence-corrected chi connectivity index (χ1v) is 14.9. The van der Waals surface area contributed by atoms with Gasteiger partial charge in [-0.2, -0.15) is 0 Å². The summed E-state index contributed by atoms with van der Waals surface area (Å²) >= 11 is 0. The first-order valence-electron chi connectivity index (χ1n) is 14.9. The number of hydrogen-bond acceptors (Lipinski definition) is 1. The van der Waals surface area contributed by atoms with E-state index in [4.69, 9.17) is 0 Å². The Morgan fingerprint density at radius 2 is 1.33 bits per heavy atom. The van der Waals surface area contributed by atoms with Crippen LogP contribution in [-0.2, 0) is 5.41 Å². The molecule has 1 nitrogen and oxygen atoms in total. The number of hydrogen-bond donors (Lipinski definition) is 0. The Labute approximate surface area is 263 Å². The Balaban J connectivity index is 1.69. The van der Waals surface area contributed by atoms with Crippen LogP contribution < -0.4 is 4.90 Å². The van der Waals surface area contributed by atoms with Crippen LogP contribution in [0.15, 0.2) is 141 Å². The number of benzene rings is 5. The molecule has 0 saturated carbocycles. The van der Waals surface area contributed by atoms with Crippen LogP contribution in [0.4, 0.5) is 20.2 Å². The van der Waals surface area contributed by atoms with Crippen LogP contribution in [0.1, 0.15) is 38.9 Å². The first kappa shape index (κ1) is 28.2. The van der Waals surface area contributed by atoms with Crippen molar-refractivity contribution in [2.75, 3.05) is 4.90 Å². The summed E-state index contributed by atoms with van der Waals surface area (Å²) in [7, 11) is 0. The van der Waals surface area contributed by atoms with Crippen molar-refractivity contribution in [3.05, 3.63) is 192 Å². The third-order valence-corrected chi connectivity index (χ3v) is 9.15. The second-order valence-electron chi connectivity index (χ2n) is 11.4. The highest BCUT2D eigenvalue weighted by Gasteiger charge is 2.52. The standard InChI is InChI=1S/C42H31F2N/c1-6-14-28(7-2)45(39-22-20-27(43)24-38(39)44)40-25-37-41(30(9-4)29(40)8-3)33-21-19-26(5)23-36(33)42(37)34-17-12-10-15-31(34)32-16-11-13-18-35(32)42/h6-25H,1-4H2,5H3/b28-14+. The predicted molar refractivity (Wildman–Crippen MR) is 185 cm³/mol. The Morgan fingerprint density at radius 3 is 1.93 bits per heavy atom. The molecule has 2 aliphatic carbocycles. The summed E-state index contributed by atoms with van der Waals surface area (Å²) in [6, 6.07) is 29.6. The lowest BCUT2D eigenvalue weighted by Crippen LogP contribution is -2.27. The van der Waals surface area contributed by atoms with Crippen LogP contribution in [0, 0.1) is 18.6 Å². The molecule has 0 N–H and O–H groups in total. The van der Waals surface area contributed by atoms with Crippen molar-refractivity contribution in [1.29, 1.82) is 0 Å². The lowest BCUT2D eigenvalue weighted by Gasteiger charge is -2.34. The molecule has 0 aliphatic heterocycles. The molecule has 0 atom stereocenters. The van der Waals surface area contributed by atoms with E-state index in [2.05, 4.69) is 106 Å². The fourth-order valence-electron chi connectivity index (χ4n) is 7.47. The summed E-state index contributed by atoms with van der Waals surface area (Å²) in [5.41, 5.74) is 12.8. The third kappa shape index (κ3) is 3.84. The zero-order valence-electron chi connectivity index (χ0n) is 25.1. The van der Waals surface area contributed by atoms with Gasteiger partial charge in [-0.15, -0.1) is 0 Å². The van der Waals surface area contributed by atoms with Gasteiger partial charge in [-0.1, -0.05) is 117 Å². The molecule has 5 aromatic carbocycles. The van der Waals surface area contributed by atoms with Crippen LogP contribution in [0.3, 0.4) is 0 Å². The molecule has 3 heteroatoms. The molecular weight excluding hydrogens is 556 g/mol. The number of nitrogens with zero attached hydrogens (tertiary/aromatic N) is 1. The van der Waals surface area contributed by atoms with Crippen molar-refractivity contribution in [3.8, 4) is 22.3 Å². The molecule has 0 heterocycles.